The number of benzene rings is 2. The van der Waals surface area contributed by atoms with E-state index in [0.717, 1.165) is 11.3 Å². The average Bonchev–Trinajstić information content (AvgIpc) is 2.53. The van der Waals surface area contributed by atoms with E-state index in [-0.39, 0.29) is 5.97 Å². The topological polar surface area (TPSA) is 35.5 Å². The largest absolute Gasteiger partial charge is 0.497 e. The Morgan fingerprint density at radius 2 is 1.77 bits per heavy atom. The summed E-state index contributed by atoms with van der Waals surface area (Å²) in [5.41, 5.74) is 1.69. The van der Waals surface area contributed by atoms with Crippen molar-refractivity contribution in [2.24, 2.45) is 0 Å². The van der Waals surface area contributed by atoms with Gasteiger partial charge in [-0.25, -0.2) is 0 Å². The molecule has 0 aliphatic rings. The molecule has 0 saturated heterocycles. The maximum absolute atomic E-state index is 12.1. The highest BCUT2D eigenvalue weighted by Crippen LogP contribution is 2.31. The average molecular weight is 339 g/mol. The molecule has 5 heteroatoms. The third kappa shape index (κ3) is 3.93. The molecule has 2 aromatic carbocycles. The van der Waals surface area contributed by atoms with Gasteiger partial charge in [0.1, 0.15) is 5.75 Å². The minimum absolute atomic E-state index is 0.333. The fourth-order valence-electron chi connectivity index (χ4n) is 2.24. The zero-order chi connectivity index (χ0) is 16.1. The minimum Gasteiger partial charge on any atom is -0.497 e. The second kappa shape index (κ2) is 7.52. The lowest BCUT2D eigenvalue weighted by atomic mass is 9.92. The number of esters is 1. The van der Waals surface area contributed by atoms with Crippen molar-refractivity contribution in [3.05, 3.63) is 63.6 Å². The van der Waals surface area contributed by atoms with Crippen LogP contribution in [0.4, 0.5) is 0 Å². The molecule has 0 radical (unpaired) electrons. The van der Waals surface area contributed by atoms with Crippen LogP contribution in [0.15, 0.2) is 42.5 Å². The van der Waals surface area contributed by atoms with E-state index in [0.29, 0.717) is 22.0 Å². The normalized spacial score (nSPS) is 11.8. The van der Waals surface area contributed by atoms with Crippen molar-refractivity contribution < 1.29 is 14.3 Å². The van der Waals surface area contributed by atoms with Crippen LogP contribution in [0.5, 0.6) is 5.75 Å². The van der Waals surface area contributed by atoms with E-state index in [1.165, 1.54) is 7.11 Å². The summed E-state index contributed by atoms with van der Waals surface area (Å²) in [5.74, 6) is -0.0499. The van der Waals surface area contributed by atoms with Crippen LogP contribution in [0.2, 0.25) is 10.0 Å². The molecule has 0 bridgehead atoms. The predicted octanol–water partition coefficient (Wildman–Crippen LogP) is 4.50. The van der Waals surface area contributed by atoms with E-state index < -0.39 is 5.92 Å². The van der Waals surface area contributed by atoms with Gasteiger partial charge in [-0.1, -0.05) is 41.4 Å². The molecule has 0 spiro atoms. The van der Waals surface area contributed by atoms with E-state index in [4.69, 9.17) is 32.7 Å². The Kier molecular flexibility index (Phi) is 5.69. The molecule has 0 aromatic heterocycles. The first-order valence-corrected chi connectivity index (χ1v) is 7.46. The maximum atomic E-state index is 12.1. The lowest BCUT2D eigenvalue weighted by Gasteiger charge is -2.17. The van der Waals surface area contributed by atoms with Gasteiger partial charge in [-0.2, -0.15) is 0 Å². The quantitative estimate of drug-likeness (QED) is 0.753. The summed E-state index contributed by atoms with van der Waals surface area (Å²) in [4.78, 5) is 12.1. The number of halogens is 2. The summed E-state index contributed by atoms with van der Waals surface area (Å²) < 4.78 is 10.0. The molecular weight excluding hydrogens is 323 g/mol. The number of hydrogen-bond acceptors (Lipinski definition) is 3. The fraction of sp³-hybridized carbons (Fsp3) is 0.235. The Morgan fingerprint density at radius 3 is 2.32 bits per heavy atom. The van der Waals surface area contributed by atoms with Crippen molar-refractivity contribution >= 4 is 29.2 Å². The highest BCUT2D eigenvalue weighted by atomic mass is 35.5. The van der Waals surface area contributed by atoms with Crippen LogP contribution in [0, 0.1) is 0 Å². The van der Waals surface area contributed by atoms with Gasteiger partial charge in [0.05, 0.1) is 20.1 Å². The summed E-state index contributed by atoms with van der Waals surface area (Å²) in [5, 5.41) is 0.984. The van der Waals surface area contributed by atoms with E-state index in [9.17, 15) is 4.79 Å². The van der Waals surface area contributed by atoms with Crippen molar-refractivity contribution in [3.8, 4) is 5.75 Å². The van der Waals surface area contributed by atoms with Crippen molar-refractivity contribution in [3.63, 3.8) is 0 Å². The van der Waals surface area contributed by atoms with Crippen LogP contribution in [0.25, 0.3) is 0 Å². The van der Waals surface area contributed by atoms with Crippen LogP contribution < -0.4 is 4.74 Å². The van der Waals surface area contributed by atoms with Gasteiger partial charge in [0.25, 0.3) is 0 Å². The van der Waals surface area contributed by atoms with Crippen LogP contribution >= 0.6 is 23.2 Å². The number of hydrogen-bond donors (Lipinski definition) is 0. The third-order valence-corrected chi connectivity index (χ3v) is 3.98. The van der Waals surface area contributed by atoms with Crippen molar-refractivity contribution in [1.29, 1.82) is 0 Å². The van der Waals surface area contributed by atoms with Gasteiger partial charge in [0, 0.05) is 10.0 Å². The number of rotatable bonds is 5. The van der Waals surface area contributed by atoms with Crippen molar-refractivity contribution in [2.75, 3.05) is 14.2 Å². The van der Waals surface area contributed by atoms with Crippen molar-refractivity contribution in [2.45, 2.75) is 12.3 Å². The zero-order valence-corrected chi connectivity index (χ0v) is 13.8. The van der Waals surface area contributed by atoms with Crippen LogP contribution in [-0.4, -0.2) is 20.2 Å². The number of carbonyl (C=O) groups is 1. The molecule has 116 valence electrons. The molecule has 0 N–H and O–H groups in total. The first-order valence-electron chi connectivity index (χ1n) is 6.71. The molecule has 22 heavy (non-hydrogen) atoms. The Balaban J connectivity index is 2.31. The Bertz CT molecular complexity index is 653. The van der Waals surface area contributed by atoms with Gasteiger partial charge in [-0.3, -0.25) is 4.79 Å². The predicted molar refractivity (Wildman–Crippen MR) is 87.9 cm³/mol. The number of carbonyl (C=O) groups excluding carboxylic acids is 1. The van der Waals surface area contributed by atoms with Gasteiger partial charge < -0.3 is 9.47 Å². The molecule has 2 aromatic rings. The molecule has 2 rings (SSSR count). The number of methoxy groups -OCH3 is 2. The van der Waals surface area contributed by atoms with E-state index >= 15 is 0 Å². The van der Waals surface area contributed by atoms with E-state index in [1.807, 2.05) is 24.3 Å². The minimum atomic E-state index is -0.483. The standard InChI is InChI=1S/C17H16Cl2O3/c1-21-13-6-3-11(4-7-13)9-15(17(20)22-2)14-8-5-12(18)10-16(14)19/h3-8,10,15H,9H2,1-2H3/t15-/m0/s1. The van der Waals surface area contributed by atoms with E-state index in [1.54, 1.807) is 25.3 Å². The highest BCUT2D eigenvalue weighted by molar-refractivity contribution is 6.35. The molecule has 0 amide bonds. The monoisotopic (exact) mass is 338 g/mol. The molecule has 0 aliphatic heterocycles. The first-order chi connectivity index (χ1) is 10.5. The highest BCUT2D eigenvalue weighted by Gasteiger charge is 2.24. The molecular formula is C17H16Cl2O3. The van der Waals surface area contributed by atoms with Crippen molar-refractivity contribution in [1.82, 2.24) is 0 Å². The second-order valence-electron chi connectivity index (χ2n) is 4.79. The first kappa shape index (κ1) is 16.7. The Hall–Kier alpha value is -1.71. The molecule has 0 heterocycles. The van der Waals surface area contributed by atoms with E-state index in [2.05, 4.69) is 0 Å². The third-order valence-electron chi connectivity index (χ3n) is 3.42. The second-order valence-corrected chi connectivity index (χ2v) is 5.64. The Labute approximate surface area is 139 Å². The van der Waals surface area contributed by atoms with Crippen LogP contribution in [0.3, 0.4) is 0 Å². The summed E-state index contributed by atoms with van der Waals surface area (Å²) >= 11 is 12.1. The smallest absolute Gasteiger partial charge is 0.313 e. The van der Waals surface area contributed by atoms with Crippen LogP contribution in [0.1, 0.15) is 17.0 Å². The van der Waals surface area contributed by atoms with Gasteiger partial charge in [0.2, 0.25) is 0 Å². The van der Waals surface area contributed by atoms with Gasteiger partial charge >= 0.3 is 5.97 Å². The molecule has 0 fully saturated rings. The lowest BCUT2D eigenvalue weighted by molar-refractivity contribution is -0.142. The maximum Gasteiger partial charge on any atom is 0.313 e. The molecule has 1 atom stereocenters. The Morgan fingerprint density at radius 1 is 1.09 bits per heavy atom. The number of ether oxygens (including phenoxy) is 2. The van der Waals surface area contributed by atoms with Gasteiger partial charge in [-0.05, 0) is 41.8 Å². The summed E-state index contributed by atoms with van der Waals surface area (Å²) in [7, 11) is 2.98. The summed E-state index contributed by atoms with van der Waals surface area (Å²) in [6.45, 7) is 0. The van der Waals surface area contributed by atoms with Crippen LogP contribution in [-0.2, 0) is 16.0 Å². The molecule has 3 nitrogen and oxygen atoms in total. The molecule has 0 unspecified atom stereocenters. The summed E-state index contributed by atoms with van der Waals surface area (Å²) in [6.07, 6.45) is 0.484. The fourth-order valence-corrected chi connectivity index (χ4v) is 2.78. The van der Waals surface area contributed by atoms with Gasteiger partial charge in [-0.15, -0.1) is 0 Å². The lowest BCUT2D eigenvalue weighted by Crippen LogP contribution is -2.17. The SMILES string of the molecule is COC(=O)[C@@H](Cc1ccc(OC)cc1)c1ccc(Cl)cc1Cl. The summed E-state index contributed by atoms with van der Waals surface area (Å²) in [6, 6.07) is 12.6. The zero-order valence-electron chi connectivity index (χ0n) is 12.3. The molecule has 0 aliphatic carbocycles. The molecule has 0 saturated carbocycles. The van der Waals surface area contributed by atoms with Gasteiger partial charge in [0.15, 0.2) is 0 Å².